The van der Waals surface area contributed by atoms with Gasteiger partial charge in [-0.3, -0.25) is 0 Å². The maximum absolute atomic E-state index is 6.58. The van der Waals surface area contributed by atoms with Gasteiger partial charge >= 0.3 is 0 Å². The van der Waals surface area contributed by atoms with Crippen LogP contribution in [0.15, 0.2) is 101 Å². The van der Waals surface area contributed by atoms with E-state index in [1.165, 1.54) is 21.9 Å². The Morgan fingerprint density at radius 3 is 2.53 bits per heavy atom. The molecule has 0 fully saturated rings. The van der Waals surface area contributed by atoms with E-state index in [4.69, 9.17) is 9.84 Å². The van der Waals surface area contributed by atoms with Crippen LogP contribution in [0.1, 0.15) is 35.4 Å². The fourth-order valence-corrected chi connectivity index (χ4v) is 4.91. The standard InChI is InChI=1S/C26H19BrN2O/c27-19-13-14-25-22(15-19)24-16-23(18-8-2-1-3-9-18)28-29(24)26(30-25)21-12-6-10-17-7-4-5-11-20(17)21/h1-15,24,26H,16H2/t24-,26+/m1/s1. The molecule has 2 aliphatic rings. The van der Waals surface area contributed by atoms with Crippen LogP contribution in [0.4, 0.5) is 0 Å². The molecular formula is C26H19BrN2O. The molecule has 0 saturated carbocycles. The molecule has 4 heteroatoms. The van der Waals surface area contributed by atoms with E-state index in [2.05, 4.69) is 99.8 Å². The molecule has 0 bridgehead atoms. The highest BCUT2D eigenvalue weighted by atomic mass is 79.9. The minimum absolute atomic E-state index is 0.144. The molecule has 146 valence electrons. The number of hydrogen-bond acceptors (Lipinski definition) is 3. The van der Waals surface area contributed by atoms with Gasteiger partial charge in [-0.15, -0.1) is 0 Å². The van der Waals surface area contributed by atoms with Crippen molar-refractivity contribution in [3.05, 3.63) is 112 Å². The lowest BCUT2D eigenvalue weighted by atomic mass is 9.95. The summed E-state index contributed by atoms with van der Waals surface area (Å²) in [5, 5.41) is 9.65. The largest absolute Gasteiger partial charge is 0.464 e. The van der Waals surface area contributed by atoms with Crippen molar-refractivity contribution < 1.29 is 4.74 Å². The molecule has 2 heterocycles. The average molecular weight is 455 g/mol. The Morgan fingerprint density at radius 2 is 1.63 bits per heavy atom. The number of hydrogen-bond donors (Lipinski definition) is 0. The smallest absolute Gasteiger partial charge is 0.214 e. The number of fused-ring (bicyclic) bond motifs is 4. The Bertz CT molecular complexity index is 1280. The summed E-state index contributed by atoms with van der Waals surface area (Å²) >= 11 is 3.63. The summed E-state index contributed by atoms with van der Waals surface area (Å²) in [6, 6.07) is 31.7. The fourth-order valence-electron chi connectivity index (χ4n) is 4.53. The van der Waals surface area contributed by atoms with Crippen LogP contribution in [0.2, 0.25) is 0 Å². The second-order valence-corrected chi connectivity index (χ2v) is 8.65. The minimum atomic E-state index is -0.268. The first-order valence-electron chi connectivity index (χ1n) is 10.1. The molecular weight excluding hydrogens is 436 g/mol. The van der Waals surface area contributed by atoms with Gasteiger partial charge in [0.15, 0.2) is 0 Å². The van der Waals surface area contributed by atoms with E-state index >= 15 is 0 Å². The zero-order chi connectivity index (χ0) is 20.1. The van der Waals surface area contributed by atoms with E-state index in [1.807, 2.05) is 12.1 Å². The highest BCUT2D eigenvalue weighted by molar-refractivity contribution is 9.10. The van der Waals surface area contributed by atoms with Crippen molar-refractivity contribution in [1.82, 2.24) is 5.01 Å². The van der Waals surface area contributed by atoms with Crippen molar-refractivity contribution in [1.29, 1.82) is 0 Å². The van der Waals surface area contributed by atoms with Crippen molar-refractivity contribution in [2.24, 2.45) is 5.10 Å². The van der Waals surface area contributed by atoms with Crippen LogP contribution in [0.3, 0.4) is 0 Å². The Morgan fingerprint density at radius 1 is 0.833 bits per heavy atom. The van der Waals surface area contributed by atoms with E-state index in [0.29, 0.717) is 0 Å². The monoisotopic (exact) mass is 454 g/mol. The highest BCUT2D eigenvalue weighted by Crippen LogP contribution is 2.49. The molecule has 0 N–H and O–H groups in total. The Kier molecular flexibility index (Phi) is 4.13. The summed E-state index contributed by atoms with van der Waals surface area (Å²) in [7, 11) is 0. The Balaban J connectivity index is 1.53. The second kappa shape index (κ2) is 6.99. The van der Waals surface area contributed by atoms with E-state index < -0.39 is 0 Å². The van der Waals surface area contributed by atoms with Gasteiger partial charge in [-0.05, 0) is 34.5 Å². The topological polar surface area (TPSA) is 24.8 Å². The number of nitrogens with zero attached hydrogens (tertiary/aromatic N) is 2. The summed E-state index contributed by atoms with van der Waals surface area (Å²) in [6.45, 7) is 0. The number of hydrazone groups is 1. The normalized spacial score (nSPS) is 19.8. The van der Waals surface area contributed by atoms with Crippen molar-refractivity contribution in [3.63, 3.8) is 0 Å². The van der Waals surface area contributed by atoms with E-state index in [0.717, 1.165) is 27.9 Å². The number of halogens is 1. The van der Waals surface area contributed by atoms with Gasteiger partial charge in [0.1, 0.15) is 5.75 Å². The van der Waals surface area contributed by atoms with Crippen molar-refractivity contribution in [3.8, 4) is 5.75 Å². The van der Waals surface area contributed by atoms with E-state index in [1.54, 1.807) is 0 Å². The molecule has 3 nitrogen and oxygen atoms in total. The zero-order valence-electron chi connectivity index (χ0n) is 16.2. The summed E-state index contributed by atoms with van der Waals surface area (Å²) in [6.07, 6.45) is 0.592. The predicted molar refractivity (Wildman–Crippen MR) is 124 cm³/mol. The van der Waals surface area contributed by atoms with Crippen molar-refractivity contribution in [2.75, 3.05) is 0 Å². The molecule has 0 amide bonds. The van der Waals surface area contributed by atoms with Gasteiger partial charge in [0.05, 0.1) is 11.8 Å². The van der Waals surface area contributed by atoms with Crippen LogP contribution < -0.4 is 4.74 Å². The number of ether oxygens (including phenoxy) is 1. The quantitative estimate of drug-likeness (QED) is 0.331. The first-order valence-corrected chi connectivity index (χ1v) is 10.9. The lowest BCUT2D eigenvalue weighted by Gasteiger charge is -2.38. The third-order valence-corrected chi connectivity index (χ3v) is 6.44. The third-order valence-electron chi connectivity index (χ3n) is 5.95. The van der Waals surface area contributed by atoms with Crippen LogP contribution >= 0.6 is 15.9 Å². The molecule has 6 rings (SSSR count). The molecule has 4 aromatic carbocycles. The molecule has 0 unspecified atom stereocenters. The van der Waals surface area contributed by atoms with Crippen LogP contribution in [-0.4, -0.2) is 10.7 Å². The summed E-state index contributed by atoms with van der Waals surface area (Å²) in [4.78, 5) is 0. The van der Waals surface area contributed by atoms with Crippen LogP contribution in [0, 0.1) is 0 Å². The van der Waals surface area contributed by atoms with Crippen molar-refractivity contribution in [2.45, 2.75) is 18.7 Å². The number of benzene rings is 4. The molecule has 2 atom stereocenters. The third kappa shape index (κ3) is 2.83. The predicted octanol–water partition coefficient (Wildman–Crippen LogP) is 6.84. The molecule has 0 aromatic heterocycles. The van der Waals surface area contributed by atoms with Gasteiger partial charge in [0, 0.05) is 22.0 Å². The molecule has 30 heavy (non-hydrogen) atoms. The molecule has 4 aromatic rings. The second-order valence-electron chi connectivity index (χ2n) is 7.73. The lowest BCUT2D eigenvalue weighted by Crippen LogP contribution is -2.33. The van der Waals surface area contributed by atoms with Gasteiger partial charge in [0.25, 0.3) is 0 Å². The van der Waals surface area contributed by atoms with E-state index in [-0.39, 0.29) is 12.3 Å². The Hall–Kier alpha value is -3.11. The van der Waals surface area contributed by atoms with Crippen LogP contribution in [0.25, 0.3) is 10.8 Å². The first kappa shape index (κ1) is 17.7. The van der Waals surface area contributed by atoms with Gasteiger partial charge in [-0.2, -0.15) is 5.10 Å². The highest BCUT2D eigenvalue weighted by Gasteiger charge is 2.41. The maximum atomic E-state index is 6.58. The van der Waals surface area contributed by atoms with Gasteiger partial charge < -0.3 is 4.74 Å². The summed E-state index contributed by atoms with van der Waals surface area (Å²) in [5.74, 6) is 0.932. The molecule has 0 spiro atoms. The average Bonchev–Trinajstić information content (AvgIpc) is 3.25. The van der Waals surface area contributed by atoms with Crippen molar-refractivity contribution >= 4 is 32.4 Å². The molecule has 0 aliphatic carbocycles. The summed E-state index contributed by atoms with van der Waals surface area (Å²) in [5.41, 5.74) is 4.59. The van der Waals surface area contributed by atoms with Crippen LogP contribution in [0.5, 0.6) is 5.75 Å². The Labute approximate surface area is 183 Å². The fraction of sp³-hybridized carbons (Fsp3) is 0.115. The van der Waals surface area contributed by atoms with Crippen LogP contribution in [-0.2, 0) is 0 Å². The SMILES string of the molecule is Brc1ccc2c(c1)[C@H]1CC(c3ccccc3)=NN1[C@H](c1cccc3ccccc13)O2. The zero-order valence-corrected chi connectivity index (χ0v) is 17.8. The molecule has 0 saturated heterocycles. The van der Waals surface area contributed by atoms with Gasteiger partial charge in [0.2, 0.25) is 6.23 Å². The molecule has 2 aliphatic heterocycles. The molecule has 0 radical (unpaired) electrons. The van der Waals surface area contributed by atoms with Gasteiger partial charge in [-0.25, -0.2) is 5.01 Å². The maximum Gasteiger partial charge on any atom is 0.214 e. The minimum Gasteiger partial charge on any atom is -0.464 e. The van der Waals surface area contributed by atoms with E-state index in [9.17, 15) is 0 Å². The van der Waals surface area contributed by atoms with Gasteiger partial charge in [-0.1, -0.05) is 88.7 Å². The first-order chi connectivity index (χ1) is 14.8. The number of rotatable bonds is 2. The lowest BCUT2D eigenvalue weighted by molar-refractivity contribution is -0.0181. The summed E-state index contributed by atoms with van der Waals surface area (Å²) < 4.78 is 7.63.